The van der Waals surface area contributed by atoms with Crippen molar-refractivity contribution in [3.8, 4) is 11.5 Å². The van der Waals surface area contributed by atoms with Gasteiger partial charge in [0.25, 0.3) is 0 Å². The third-order valence-electron chi connectivity index (χ3n) is 4.14. The Hall–Kier alpha value is -1.22. The molecule has 20 heavy (non-hydrogen) atoms. The van der Waals surface area contributed by atoms with Crippen LogP contribution >= 0.6 is 0 Å². The summed E-state index contributed by atoms with van der Waals surface area (Å²) in [5.74, 6) is 2.38. The van der Waals surface area contributed by atoms with Crippen LogP contribution in [-0.4, -0.2) is 38.8 Å². The van der Waals surface area contributed by atoms with E-state index in [4.69, 9.17) is 9.47 Å². The van der Waals surface area contributed by atoms with Gasteiger partial charge in [0.2, 0.25) is 0 Å². The molecule has 1 aromatic rings. The summed E-state index contributed by atoms with van der Waals surface area (Å²) in [7, 11) is 3.43. The molecule has 0 aromatic heterocycles. The maximum absolute atomic E-state index is 5.40. The van der Waals surface area contributed by atoms with E-state index in [9.17, 15) is 0 Å². The van der Waals surface area contributed by atoms with Crippen molar-refractivity contribution in [3.63, 3.8) is 0 Å². The van der Waals surface area contributed by atoms with Crippen LogP contribution in [0.15, 0.2) is 18.2 Å². The van der Waals surface area contributed by atoms with E-state index in [0.29, 0.717) is 5.92 Å². The molecule has 0 radical (unpaired) electrons. The van der Waals surface area contributed by atoms with Gasteiger partial charge in [-0.2, -0.15) is 0 Å². The molecule has 0 aliphatic carbocycles. The third-order valence-corrected chi connectivity index (χ3v) is 4.14. The number of ether oxygens (including phenoxy) is 2. The number of hydrogen-bond acceptors (Lipinski definition) is 3. The Morgan fingerprint density at radius 3 is 2.40 bits per heavy atom. The van der Waals surface area contributed by atoms with Crippen molar-refractivity contribution in [3.05, 3.63) is 23.8 Å². The van der Waals surface area contributed by atoms with Crippen molar-refractivity contribution in [2.75, 3.05) is 33.9 Å². The predicted molar refractivity (Wildman–Crippen MR) is 82.9 cm³/mol. The number of hydrogen-bond donors (Lipinski definition) is 0. The normalized spacial score (nSPS) is 20.4. The van der Waals surface area contributed by atoms with Gasteiger partial charge in [-0.25, -0.2) is 0 Å². The van der Waals surface area contributed by atoms with Crippen LogP contribution in [0.25, 0.3) is 0 Å². The van der Waals surface area contributed by atoms with E-state index in [2.05, 4.69) is 24.0 Å². The van der Waals surface area contributed by atoms with Crippen LogP contribution in [0.3, 0.4) is 0 Å². The maximum Gasteiger partial charge on any atom is 0.122 e. The first-order valence-electron chi connectivity index (χ1n) is 7.72. The second-order valence-electron chi connectivity index (χ2n) is 5.64. The third kappa shape index (κ3) is 3.89. The molecular weight excluding hydrogens is 250 g/mol. The number of methoxy groups -OCH3 is 2. The van der Waals surface area contributed by atoms with Gasteiger partial charge in [-0.05, 0) is 56.0 Å². The van der Waals surface area contributed by atoms with E-state index in [1.807, 2.05) is 6.07 Å². The fourth-order valence-corrected chi connectivity index (χ4v) is 3.08. The van der Waals surface area contributed by atoms with Crippen LogP contribution in [0.4, 0.5) is 0 Å². The molecule has 1 fully saturated rings. The van der Waals surface area contributed by atoms with Gasteiger partial charge in [-0.3, -0.25) is 0 Å². The number of nitrogens with zero attached hydrogens (tertiary/aromatic N) is 1. The van der Waals surface area contributed by atoms with Crippen molar-refractivity contribution in [1.29, 1.82) is 0 Å². The molecule has 1 atom stereocenters. The predicted octanol–water partition coefficient (Wildman–Crippen LogP) is 3.68. The lowest BCUT2D eigenvalue weighted by Gasteiger charge is -2.24. The molecule has 1 aliphatic heterocycles. The zero-order valence-corrected chi connectivity index (χ0v) is 13.0. The summed E-state index contributed by atoms with van der Waals surface area (Å²) >= 11 is 0. The summed E-state index contributed by atoms with van der Waals surface area (Å²) in [6, 6.07) is 6.29. The molecule has 0 spiro atoms. The van der Waals surface area contributed by atoms with Gasteiger partial charge in [0.05, 0.1) is 14.2 Å². The average molecular weight is 277 g/mol. The fourth-order valence-electron chi connectivity index (χ4n) is 3.08. The molecule has 3 nitrogen and oxygen atoms in total. The lowest BCUT2D eigenvalue weighted by molar-refractivity contribution is 0.273. The van der Waals surface area contributed by atoms with Gasteiger partial charge in [-0.1, -0.05) is 13.3 Å². The summed E-state index contributed by atoms with van der Waals surface area (Å²) in [6.07, 6.45) is 5.12. The maximum atomic E-state index is 5.40. The summed E-state index contributed by atoms with van der Waals surface area (Å²) in [4.78, 5) is 2.60. The van der Waals surface area contributed by atoms with Gasteiger partial charge in [0.15, 0.2) is 0 Å². The standard InChI is InChI=1S/C17H27NO2/c1-4-8-18-9-6-5-7-14(13-18)15-10-16(19-2)12-17(11-15)20-3/h10-12,14H,4-9,13H2,1-3H3. The molecule has 1 heterocycles. The highest BCUT2D eigenvalue weighted by Gasteiger charge is 2.20. The van der Waals surface area contributed by atoms with Gasteiger partial charge >= 0.3 is 0 Å². The average Bonchev–Trinajstić information content (AvgIpc) is 2.72. The van der Waals surface area contributed by atoms with Crippen LogP contribution in [0.1, 0.15) is 44.1 Å². The monoisotopic (exact) mass is 277 g/mol. The highest BCUT2D eigenvalue weighted by atomic mass is 16.5. The van der Waals surface area contributed by atoms with Crippen LogP contribution < -0.4 is 9.47 Å². The molecular formula is C17H27NO2. The topological polar surface area (TPSA) is 21.7 Å². The van der Waals surface area contributed by atoms with Crippen LogP contribution in [0.5, 0.6) is 11.5 Å². The van der Waals surface area contributed by atoms with Crippen molar-refractivity contribution < 1.29 is 9.47 Å². The molecule has 0 saturated carbocycles. The van der Waals surface area contributed by atoms with Crippen LogP contribution in [0.2, 0.25) is 0 Å². The second kappa shape index (κ2) is 7.53. The first kappa shape index (κ1) is 15.2. The minimum Gasteiger partial charge on any atom is -0.497 e. The first-order valence-corrected chi connectivity index (χ1v) is 7.72. The fraction of sp³-hybridized carbons (Fsp3) is 0.647. The summed E-state index contributed by atoms with van der Waals surface area (Å²) < 4.78 is 10.8. The smallest absolute Gasteiger partial charge is 0.122 e. The van der Waals surface area contributed by atoms with Gasteiger partial charge in [-0.15, -0.1) is 0 Å². The quantitative estimate of drug-likeness (QED) is 0.819. The van der Waals surface area contributed by atoms with E-state index in [0.717, 1.165) is 18.0 Å². The molecule has 1 unspecified atom stereocenters. The van der Waals surface area contributed by atoms with Crippen molar-refractivity contribution in [2.24, 2.45) is 0 Å². The van der Waals surface area contributed by atoms with E-state index in [1.165, 1.54) is 44.3 Å². The zero-order chi connectivity index (χ0) is 14.4. The summed E-state index contributed by atoms with van der Waals surface area (Å²) in [5, 5.41) is 0. The first-order chi connectivity index (χ1) is 9.76. The minimum absolute atomic E-state index is 0.591. The Kier molecular flexibility index (Phi) is 5.72. The number of rotatable bonds is 5. The molecule has 112 valence electrons. The van der Waals surface area contributed by atoms with Crippen molar-refractivity contribution >= 4 is 0 Å². The Morgan fingerprint density at radius 2 is 1.80 bits per heavy atom. The molecule has 0 amide bonds. The van der Waals surface area contributed by atoms with Crippen LogP contribution in [-0.2, 0) is 0 Å². The molecule has 1 saturated heterocycles. The summed E-state index contributed by atoms with van der Waals surface area (Å²) in [5.41, 5.74) is 1.35. The van der Waals surface area contributed by atoms with E-state index >= 15 is 0 Å². The second-order valence-corrected chi connectivity index (χ2v) is 5.64. The Bertz CT molecular complexity index is 397. The highest BCUT2D eigenvalue weighted by molar-refractivity contribution is 5.40. The number of likely N-dealkylation sites (tertiary alicyclic amines) is 1. The number of benzene rings is 1. The van der Waals surface area contributed by atoms with Crippen molar-refractivity contribution in [2.45, 2.75) is 38.5 Å². The highest BCUT2D eigenvalue weighted by Crippen LogP contribution is 2.32. The minimum atomic E-state index is 0.591. The van der Waals surface area contributed by atoms with E-state index in [1.54, 1.807) is 14.2 Å². The van der Waals surface area contributed by atoms with Crippen LogP contribution in [0, 0.1) is 0 Å². The summed E-state index contributed by atoms with van der Waals surface area (Å²) in [6.45, 7) is 5.86. The SMILES string of the molecule is CCCN1CCCCC(c2cc(OC)cc(OC)c2)C1. The van der Waals surface area contributed by atoms with Crippen molar-refractivity contribution in [1.82, 2.24) is 4.90 Å². The Labute approximate surface area is 122 Å². The molecule has 0 bridgehead atoms. The lowest BCUT2D eigenvalue weighted by Crippen LogP contribution is -2.28. The molecule has 3 heteroatoms. The zero-order valence-electron chi connectivity index (χ0n) is 13.0. The van der Waals surface area contributed by atoms with Gasteiger partial charge < -0.3 is 14.4 Å². The molecule has 0 N–H and O–H groups in total. The van der Waals surface area contributed by atoms with E-state index < -0.39 is 0 Å². The van der Waals surface area contributed by atoms with Gasteiger partial charge in [0.1, 0.15) is 11.5 Å². The largest absolute Gasteiger partial charge is 0.497 e. The molecule has 1 aromatic carbocycles. The lowest BCUT2D eigenvalue weighted by atomic mass is 9.94. The van der Waals surface area contributed by atoms with Gasteiger partial charge in [0, 0.05) is 12.6 Å². The van der Waals surface area contributed by atoms with E-state index in [-0.39, 0.29) is 0 Å². The molecule has 1 aliphatic rings. The Balaban J connectivity index is 2.19. The molecule has 2 rings (SSSR count). The Morgan fingerprint density at radius 1 is 1.10 bits per heavy atom.